The molecule has 0 unspecified atom stereocenters. The van der Waals surface area contributed by atoms with Gasteiger partial charge in [-0.2, -0.15) is 4.40 Å². The molecular weight excluding hydrogens is 562 g/mol. The van der Waals surface area contributed by atoms with E-state index in [4.69, 9.17) is 19.9 Å². The molecule has 0 aliphatic carbocycles. The van der Waals surface area contributed by atoms with Gasteiger partial charge in [0, 0.05) is 12.4 Å². The molecule has 0 saturated carbocycles. The zero-order valence-corrected chi connectivity index (χ0v) is 27.1. The second kappa shape index (κ2) is 13.6. The number of hydrogen-bond donors (Lipinski definition) is 2. The molecule has 0 spiro atoms. The molecule has 5 heterocycles. The van der Waals surface area contributed by atoms with Crippen molar-refractivity contribution in [2.24, 2.45) is 10.1 Å². The number of ether oxygens (including phenoxy) is 3. The van der Waals surface area contributed by atoms with Gasteiger partial charge in [0.25, 0.3) is 0 Å². The smallest absolute Gasteiger partial charge is 0.144 e. The van der Waals surface area contributed by atoms with E-state index in [1.807, 2.05) is 92.0 Å². The van der Waals surface area contributed by atoms with Gasteiger partial charge in [0.15, 0.2) is 0 Å². The van der Waals surface area contributed by atoms with E-state index in [-0.39, 0.29) is 15.0 Å². The topological polar surface area (TPSA) is 138 Å². The molecule has 2 aromatic rings. The Morgan fingerprint density at radius 2 is 1.32 bits per heavy atom. The third-order valence-corrected chi connectivity index (χ3v) is 9.52. The minimum absolute atomic E-state index is 0.247. The normalized spacial score (nSPS) is 20.4. The maximum Gasteiger partial charge on any atom is 0.144 e. The molecule has 3 aliphatic heterocycles. The van der Waals surface area contributed by atoms with Gasteiger partial charge in [0.2, 0.25) is 0 Å². The van der Waals surface area contributed by atoms with Crippen molar-refractivity contribution >= 4 is 27.7 Å². The predicted octanol–water partition coefficient (Wildman–Crippen LogP) is 3.16. The fourth-order valence-electron chi connectivity index (χ4n) is 3.38. The number of aromatic nitrogens is 2. The summed E-state index contributed by atoms with van der Waals surface area (Å²) < 4.78 is 45.5. The van der Waals surface area contributed by atoms with E-state index in [9.17, 15) is 8.42 Å². The van der Waals surface area contributed by atoms with Crippen LogP contribution in [0.2, 0.25) is 0 Å². The highest BCUT2D eigenvalue weighted by atomic mass is 32.2. The Bertz CT molecular complexity index is 1220. The number of aryl methyl sites for hydroxylation is 2. The third-order valence-electron chi connectivity index (χ3n) is 6.36. The highest BCUT2D eigenvalue weighted by Crippen LogP contribution is 2.30. The second-order valence-corrected chi connectivity index (χ2v) is 16.5. The van der Waals surface area contributed by atoms with Crippen molar-refractivity contribution in [2.75, 3.05) is 39.6 Å². The minimum Gasteiger partial charge on any atom is -0.377 e. The maximum atomic E-state index is 12.2. The summed E-state index contributed by atoms with van der Waals surface area (Å²) in [6.45, 7) is 18.9. The van der Waals surface area contributed by atoms with Crippen molar-refractivity contribution in [1.29, 1.82) is 0 Å². The monoisotopic (exact) mass is 607 g/mol. The van der Waals surface area contributed by atoms with Crippen molar-refractivity contribution in [2.45, 2.75) is 76.0 Å². The summed E-state index contributed by atoms with van der Waals surface area (Å²) in [5.41, 5.74) is 10.3. The number of nitrogens with one attached hydrogen (secondary N) is 1. The third kappa shape index (κ3) is 9.28. The molecule has 3 N–H and O–H groups in total. The van der Waals surface area contributed by atoms with Crippen LogP contribution >= 0.6 is 0 Å². The Hall–Kier alpha value is -1.93. The molecule has 3 aliphatic rings. The summed E-state index contributed by atoms with van der Waals surface area (Å²) in [6.07, 6.45) is 3.67. The van der Waals surface area contributed by atoms with Crippen LogP contribution in [-0.2, 0) is 47.3 Å². The van der Waals surface area contributed by atoms with Crippen molar-refractivity contribution in [3.8, 4) is 0 Å². The summed E-state index contributed by atoms with van der Waals surface area (Å²) in [5.74, 6) is 0. The first-order chi connectivity index (χ1) is 19.0. The highest BCUT2D eigenvalue weighted by Gasteiger charge is 2.44. The van der Waals surface area contributed by atoms with Crippen LogP contribution in [0.5, 0.6) is 0 Å². The zero-order valence-electron chi connectivity index (χ0n) is 25.5. The first-order valence-corrected chi connectivity index (χ1v) is 15.9. The van der Waals surface area contributed by atoms with Crippen LogP contribution in [0.1, 0.15) is 64.1 Å². The van der Waals surface area contributed by atoms with Crippen LogP contribution < -0.4 is 10.5 Å². The van der Waals surface area contributed by atoms with Gasteiger partial charge in [-0.15, -0.1) is 0 Å². The minimum atomic E-state index is -1.13. The van der Waals surface area contributed by atoms with Gasteiger partial charge >= 0.3 is 0 Å². The van der Waals surface area contributed by atoms with Crippen LogP contribution in [0.4, 0.5) is 0 Å². The molecule has 12 heteroatoms. The Kier molecular flexibility index (Phi) is 11.1. The predicted molar refractivity (Wildman–Crippen MR) is 164 cm³/mol. The van der Waals surface area contributed by atoms with Gasteiger partial charge in [0.1, 0.15) is 22.1 Å². The van der Waals surface area contributed by atoms with E-state index >= 15 is 0 Å². The molecular formula is C29H45N5O5S2. The summed E-state index contributed by atoms with van der Waals surface area (Å²) in [4.78, 5) is 8.70. The fraction of sp³-hybridized carbons (Fsp3) is 0.621. The Morgan fingerprint density at radius 1 is 0.805 bits per heavy atom. The van der Waals surface area contributed by atoms with Gasteiger partial charge in [-0.05, 0) is 78.6 Å². The van der Waals surface area contributed by atoms with Gasteiger partial charge in [-0.1, -0.05) is 12.1 Å². The van der Waals surface area contributed by atoms with Crippen LogP contribution in [0.25, 0.3) is 0 Å². The van der Waals surface area contributed by atoms with Crippen molar-refractivity contribution in [3.05, 3.63) is 59.2 Å². The summed E-state index contributed by atoms with van der Waals surface area (Å²) >= 11 is 0. The number of hydrogen-bond acceptors (Lipinski definition) is 8. The molecule has 5 rings (SSSR count). The number of nitrogens with zero attached hydrogens (tertiary/aromatic N) is 3. The lowest BCUT2D eigenvalue weighted by Gasteiger charge is -2.42. The quantitative estimate of drug-likeness (QED) is 0.529. The van der Waals surface area contributed by atoms with E-state index in [1.54, 1.807) is 0 Å². The first kappa shape index (κ1) is 33.6. The average molecular weight is 608 g/mol. The Balaban J connectivity index is 0.000000176. The summed E-state index contributed by atoms with van der Waals surface area (Å²) in [6, 6.07) is 7.99. The molecule has 41 heavy (non-hydrogen) atoms. The summed E-state index contributed by atoms with van der Waals surface area (Å²) in [5, 5.41) is 0. The standard InChI is InChI=1S/C13H20N2O2S.C9H12N2O.C7H13NO2S/c1-10-5-6-11(14-7-10)13(8-17-9-13)15-18(16)12(2,3)4;1-7-2-3-8(11-4-7)9(10)5-12-6-9;1-7(2,3)11(9)8-6-4-10-5-6/h5-7,15H,8-9H2,1-4H3;2-4H,5-6,10H2,1H3;4-5H2,1-3H3/t18-;;11-/m1.1/s1. The average Bonchev–Trinajstić information content (AvgIpc) is 2.82. The SMILES string of the molecule is CC(C)(C)[S@@](=O)N=C1COC1.Cc1ccc(C2(N)COC2)nc1.Cc1ccc(C2(N[S@](=O)C(C)(C)C)COC2)nc1. The number of nitrogens with two attached hydrogens (primary N) is 1. The van der Waals surface area contributed by atoms with Gasteiger partial charge in [0.05, 0.1) is 77.2 Å². The lowest BCUT2D eigenvalue weighted by Crippen LogP contribution is -2.60. The van der Waals surface area contributed by atoms with E-state index in [0.717, 1.165) is 28.2 Å². The van der Waals surface area contributed by atoms with E-state index in [1.165, 1.54) is 0 Å². The molecule has 3 saturated heterocycles. The van der Waals surface area contributed by atoms with Crippen LogP contribution in [0.15, 0.2) is 41.1 Å². The zero-order chi connectivity index (χ0) is 30.5. The lowest BCUT2D eigenvalue weighted by molar-refractivity contribution is -0.0681. The fourth-order valence-corrected chi connectivity index (χ4v) is 4.88. The second-order valence-electron chi connectivity index (χ2n) is 12.7. The van der Waals surface area contributed by atoms with Crippen LogP contribution in [0, 0.1) is 13.8 Å². The Morgan fingerprint density at radius 3 is 1.63 bits per heavy atom. The number of rotatable bonds is 5. The van der Waals surface area contributed by atoms with Gasteiger partial charge < -0.3 is 19.9 Å². The van der Waals surface area contributed by atoms with E-state index in [0.29, 0.717) is 39.6 Å². The molecule has 2 atom stereocenters. The number of pyridine rings is 2. The largest absolute Gasteiger partial charge is 0.377 e. The summed E-state index contributed by atoms with van der Waals surface area (Å²) in [7, 11) is -2.24. The molecule has 3 fully saturated rings. The van der Waals surface area contributed by atoms with E-state index in [2.05, 4.69) is 19.1 Å². The first-order valence-electron chi connectivity index (χ1n) is 13.6. The lowest BCUT2D eigenvalue weighted by atomic mass is 9.94. The maximum absolute atomic E-state index is 12.2. The Labute approximate surface area is 249 Å². The molecule has 228 valence electrons. The van der Waals surface area contributed by atoms with Crippen LogP contribution in [0.3, 0.4) is 0 Å². The molecule has 2 aromatic heterocycles. The van der Waals surface area contributed by atoms with Gasteiger partial charge in [-0.3, -0.25) is 9.97 Å². The molecule has 10 nitrogen and oxygen atoms in total. The van der Waals surface area contributed by atoms with Crippen molar-refractivity contribution in [1.82, 2.24) is 14.7 Å². The highest BCUT2D eigenvalue weighted by molar-refractivity contribution is 7.85. The molecule has 0 aromatic carbocycles. The van der Waals surface area contributed by atoms with Gasteiger partial charge in [-0.25, -0.2) is 13.1 Å². The molecule has 0 amide bonds. The molecule has 0 bridgehead atoms. The molecule has 0 radical (unpaired) electrons. The van der Waals surface area contributed by atoms with Crippen molar-refractivity contribution in [3.63, 3.8) is 0 Å². The van der Waals surface area contributed by atoms with E-state index < -0.39 is 27.5 Å². The van der Waals surface area contributed by atoms with Crippen molar-refractivity contribution < 1.29 is 22.6 Å². The van der Waals surface area contributed by atoms with Crippen LogP contribution in [-0.4, -0.2) is 73.2 Å².